The molecule has 11 heteroatoms. The van der Waals surface area contributed by atoms with Crippen LogP contribution in [0.4, 0.5) is 0 Å². The van der Waals surface area contributed by atoms with Gasteiger partial charge in [-0.1, -0.05) is 0 Å². The molecule has 0 aromatic heterocycles. The number of hydrogen-bond acceptors (Lipinski definition) is 11. The molecule has 10 atom stereocenters. The number of ether oxygens (including phenoxy) is 4. The largest absolute Gasteiger partial charge is 0.471 e. The summed E-state index contributed by atoms with van der Waals surface area (Å²) in [4.78, 5) is 12.0. The average molecular weight is 405 g/mol. The quantitative estimate of drug-likeness (QED) is 0.261. The number of fused-ring (bicyclic) bond motifs is 1. The zero-order valence-corrected chi connectivity index (χ0v) is 15.5. The second-order valence-electron chi connectivity index (χ2n) is 7.67. The van der Waals surface area contributed by atoms with E-state index in [9.17, 15) is 30.3 Å². The van der Waals surface area contributed by atoms with E-state index in [2.05, 4.69) is 0 Å². The SMILES string of the molecule is COC(=O)C1=CO[C@@H](O[C@@H]2O[C@H](CO)[C@@H](O)[C@H](O)[C@H]2N)[C@H]2[C@@H]1[C@H](O)C[C@]2(C)O. The minimum atomic E-state index is -1.45. The molecule has 1 saturated heterocycles. The van der Waals surface area contributed by atoms with Crippen molar-refractivity contribution < 1.29 is 49.3 Å². The normalized spacial score (nSPS) is 48.4. The number of rotatable bonds is 4. The predicted molar refractivity (Wildman–Crippen MR) is 90.0 cm³/mol. The maximum atomic E-state index is 12.0. The van der Waals surface area contributed by atoms with Crippen molar-refractivity contribution >= 4 is 5.97 Å². The van der Waals surface area contributed by atoms with Gasteiger partial charge in [-0.05, 0) is 6.92 Å². The van der Waals surface area contributed by atoms with Gasteiger partial charge in [0.15, 0.2) is 6.29 Å². The Bertz CT molecular complexity index is 623. The molecule has 2 aliphatic heterocycles. The van der Waals surface area contributed by atoms with Crippen LogP contribution in [-0.2, 0) is 23.7 Å². The summed E-state index contributed by atoms with van der Waals surface area (Å²) < 4.78 is 21.4. The third-order valence-corrected chi connectivity index (χ3v) is 5.74. The van der Waals surface area contributed by atoms with E-state index in [1.54, 1.807) is 0 Å². The summed E-state index contributed by atoms with van der Waals surface area (Å²) in [5.74, 6) is -2.38. The van der Waals surface area contributed by atoms with Crippen molar-refractivity contribution in [3.8, 4) is 0 Å². The van der Waals surface area contributed by atoms with Crippen molar-refractivity contribution in [2.45, 2.75) is 62.0 Å². The van der Waals surface area contributed by atoms with Gasteiger partial charge < -0.3 is 50.2 Å². The molecule has 0 radical (unpaired) electrons. The summed E-state index contributed by atoms with van der Waals surface area (Å²) in [5, 5.41) is 50.5. The zero-order chi connectivity index (χ0) is 20.8. The fraction of sp³-hybridized carbons (Fsp3) is 0.824. The summed E-state index contributed by atoms with van der Waals surface area (Å²) in [7, 11) is 1.19. The summed E-state index contributed by atoms with van der Waals surface area (Å²) >= 11 is 0. The first-order valence-electron chi connectivity index (χ1n) is 9.00. The Morgan fingerprint density at radius 1 is 1.32 bits per heavy atom. The molecule has 28 heavy (non-hydrogen) atoms. The van der Waals surface area contributed by atoms with Crippen LogP contribution in [0.2, 0.25) is 0 Å². The standard InChI is InChI=1S/C17H27NO10/c1-17(24)3-7(20)9-6(14(23)25-2)5-26-15(10(9)17)28-16-11(18)13(22)12(21)8(4-19)27-16/h5,7-13,15-16,19-22,24H,3-4,18H2,1-2H3/t7-,8-,9+,10-,11-,12-,13-,15+,16+,17+/m1/s1. The Labute approximate surface area is 161 Å². The van der Waals surface area contributed by atoms with E-state index in [-0.39, 0.29) is 12.0 Å². The van der Waals surface area contributed by atoms with Crippen molar-refractivity contribution in [3.63, 3.8) is 0 Å². The third kappa shape index (κ3) is 3.53. The Balaban J connectivity index is 1.86. The second-order valence-corrected chi connectivity index (χ2v) is 7.67. The van der Waals surface area contributed by atoms with Crippen molar-refractivity contribution in [3.05, 3.63) is 11.8 Å². The number of esters is 1. The highest BCUT2D eigenvalue weighted by Crippen LogP contribution is 2.49. The highest BCUT2D eigenvalue weighted by atomic mass is 16.8. The average Bonchev–Trinajstić information content (AvgIpc) is 2.91. The molecular weight excluding hydrogens is 378 g/mol. The molecule has 1 aliphatic carbocycles. The maximum absolute atomic E-state index is 12.0. The van der Waals surface area contributed by atoms with Crippen molar-refractivity contribution in [2.24, 2.45) is 17.6 Å². The molecule has 7 N–H and O–H groups in total. The van der Waals surface area contributed by atoms with Crippen LogP contribution < -0.4 is 5.73 Å². The molecule has 0 amide bonds. The fourth-order valence-corrected chi connectivity index (χ4v) is 4.26. The van der Waals surface area contributed by atoms with Crippen LogP contribution >= 0.6 is 0 Å². The Kier molecular flexibility index (Phi) is 5.99. The highest BCUT2D eigenvalue weighted by Gasteiger charge is 2.59. The molecule has 160 valence electrons. The second kappa shape index (κ2) is 7.84. The van der Waals surface area contributed by atoms with E-state index >= 15 is 0 Å². The number of nitrogens with two attached hydrogens (primary N) is 1. The first-order valence-corrected chi connectivity index (χ1v) is 9.00. The van der Waals surface area contributed by atoms with Gasteiger partial charge >= 0.3 is 5.97 Å². The van der Waals surface area contributed by atoms with Crippen molar-refractivity contribution in [1.82, 2.24) is 0 Å². The first kappa shape index (κ1) is 21.4. The molecule has 0 spiro atoms. The zero-order valence-electron chi connectivity index (χ0n) is 15.5. The first-order chi connectivity index (χ1) is 13.1. The minimum absolute atomic E-state index is 0.0297. The van der Waals surface area contributed by atoms with Crippen LogP contribution in [0.25, 0.3) is 0 Å². The molecule has 3 aliphatic rings. The summed E-state index contributed by atoms with van der Waals surface area (Å²) in [6.07, 6.45) is -6.38. The van der Waals surface area contributed by atoms with Crippen LogP contribution in [0.1, 0.15) is 13.3 Å². The Morgan fingerprint density at radius 3 is 2.61 bits per heavy atom. The number of aliphatic hydroxyl groups excluding tert-OH is 4. The molecular formula is C17H27NO10. The summed E-state index contributed by atoms with van der Waals surface area (Å²) in [5.41, 5.74) is 4.49. The molecule has 0 aromatic rings. The van der Waals surface area contributed by atoms with Crippen LogP contribution in [0.5, 0.6) is 0 Å². The number of methoxy groups -OCH3 is 1. The van der Waals surface area contributed by atoms with Gasteiger partial charge in [0.25, 0.3) is 0 Å². The number of carbonyl (C=O) groups is 1. The van der Waals surface area contributed by atoms with Gasteiger partial charge in [-0.15, -0.1) is 0 Å². The lowest BCUT2D eigenvalue weighted by Gasteiger charge is -2.44. The van der Waals surface area contributed by atoms with E-state index < -0.39 is 73.1 Å². The molecule has 1 saturated carbocycles. The molecule has 0 unspecified atom stereocenters. The van der Waals surface area contributed by atoms with Crippen LogP contribution in [0.15, 0.2) is 11.8 Å². The molecule has 0 bridgehead atoms. The number of aliphatic hydroxyl groups is 5. The summed E-state index contributed by atoms with van der Waals surface area (Å²) in [6, 6.07) is -1.16. The van der Waals surface area contributed by atoms with Crippen LogP contribution in [-0.4, -0.2) is 93.9 Å². The predicted octanol–water partition coefficient (Wildman–Crippen LogP) is -3.07. The fourth-order valence-electron chi connectivity index (χ4n) is 4.26. The lowest BCUT2D eigenvalue weighted by molar-refractivity contribution is -0.322. The van der Waals surface area contributed by atoms with E-state index in [0.29, 0.717) is 0 Å². The van der Waals surface area contributed by atoms with Gasteiger partial charge in [-0.25, -0.2) is 4.79 Å². The summed E-state index contributed by atoms with van der Waals surface area (Å²) in [6.45, 7) is 0.906. The van der Waals surface area contributed by atoms with Gasteiger partial charge in [0.05, 0.1) is 49.2 Å². The van der Waals surface area contributed by atoms with Gasteiger partial charge in [0, 0.05) is 12.3 Å². The highest BCUT2D eigenvalue weighted by molar-refractivity contribution is 5.89. The Morgan fingerprint density at radius 2 is 2.00 bits per heavy atom. The van der Waals surface area contributed by atoms with Crippen LogP contribution in [0, 0.1) is 11.8 Å². The van der Waals surface area contributed by atoms with E-state index in [1.165, 1.54) is 14.0 Å². The number of hydrogen-bond donors (Lipinski definition) is 6. The topological polar surface area (TPSA) is 181 Å². The molecule has 11 nitrogen and oxygen atoms in total. The lowest BCUT2D eigenvalue weighted by Crippen LogP contribution is -2.63. The lowest BCUT2D eigenvalue weighted by atomic mass is 9.80. The van der Waals surface area contributed by atoms with Gasteiger partial charge in [-0.3, -0.25) is 0 Å². The smallest absolute Gasteiger partial charge is 0.337 e. The maximum Gasteiger partial charge on any atom is 0.337 e. The van der Waals surface area contributed by atoms with Crippen molar-refractivity contribution in [1.29, 1.82) is 0 Å². The van der Waals surface area contributed by atoms with E-state index in [1.807, 2.05) is 0 Å². The van der Waals surface area contributed by atoms with Gasteiger partial charge in [0.2, 0.25) is 6.29 Å². The van der Waals surface area contributed by atoms with E-state index in [0.717, 1.165) is 6.26 Å². The van der Waals surface area contributed by atoms with Crippen LogP contribution in [0.3, 0.4) is 0 Å². The minimum Gasteiger partial charge on any atom is -0.471 e. The third-order valence-electron chi connectivity index (χ3n) is 5.74. The molecule has 0 aromatic carbocycles. The number of carbonyl (C=O) groups excluding carboxylic acids is 1. The molecule has 2 heterocycles. The van der Waals surface area contributed by atoms with Gasteiger partial charge in [0.1, 0.15) is 18.3 Å². The molecule has 3 rings (SSSR count). The van der Waals surface area contributed by atoms with Gasteiger partial charge in [-0.2, -0.15) is 0 Å². The Hall–Kier alpha value is -1.31. The van der Waals surface area contributed by atoms with E-state index in [4.69, 9.17) is 24.7 Å². The molecule has 2 fully saturated rings. The van der Waals surface area contributed by atoms with Crippen molar-refractivity contribution in [2.75, 3.05) is 13.7 Å². The monoisotopic (exact) mass is 405 g/mol.